The highest BCUT2D eigenvalue weighted by Gasteiger charge is 2.43. The minimum absolute atomic E-state index is 0.000514. The fourth-order valence-corrected chi connectivity index (χ4v) is 6.19. The second kappa shape index (κ2) is 11.9. The van der Waals surface area contributed by atoms with Crippen molar-refractivity contribution in [2.24, 2.45) is 5.92 Å². The van der Waals surface area contributed by atoms with Crippen LogP contribution in [-0.2, 0) is 21.1 Å². The van der Waals surface area contributed by atoms with Crippen LogP contribution in [0.4, 0.5) is 13.2 Å². The number of nitrogens with one attached hydrogen (secondary N) is 1. The molecule has 0 saturated carbocycles. The van der Waals surface area contributed by atoms with Gasteiger partial charge in [-0.15, -0.1) is 0 Å². The standard InChI is InChI=1S/C27H34F3N3O5S/c1-3-23-25-20(14-33(23)13-17-5-10-24(38-16-17)27(28,29)30)11-19(12-31-25)26(35)32-22(15-34)18-6-8-21(9-7-18)39(36,37)4-2/h6-9,11-12,17,22-24,34H,3-5,10,13-16H2,1-2H3,(H,32,35)/t17-,22-,23-,24?/m0/s1. The van der Waals surface area contributed by atoms with Gasteiger partial charge in [0.05, 0.1) is 47.2 Å². The van der Waals surface area contributed by atoms with Crippen LogP contribution in [0.1, 0.15) is 72.4 Å². The van der Waals surface area contributed by atoms with E-state index < -0.39 is 34.1 Å². The van der Waals surface area contributed by atoms with E-state index in [1.165, 1.54) is 18.3 Å². The highest BCUT2D eigenvalue weighted by atomic mass is 32.2. The Bertz CT molecular complexity index is 1260. The lowest BCUT2D eigenvalue weighted by atomic mass is 9.97. The summed E-state index contributed by atoms with van der Waals surface area (Å²) >= 11 is 0. The highest BCUT2D eigenvalue weighted by molar-refractivity contribution is 7.91. The number of carbonyl (C=O) groups is 1. The fourth-order valence-electron chi connectivity index (χ4n) is 5.31. The van der Waals surface area contributed by atoms with Gasteiger partial charge in [0, 0.05) is 19.3 Å². The average Bonchev–Trinajstić information content (AvgIpc) is 3.27. The molecular weight excluding hydrogens is 535 g/mol. The van der Waals surface area contributed by atoms with Crippen molar-refractivity contribution >= 4 is 15.7 Å². The van der Waals surface area contributed by atoms with Crippen molar-refractivity contribution in [3.05, 3.63) is 58.9 Å². The summed E-state index contributed by atoms with van der Waals surface area (Å²) in [6, 6.07) is 7.08. The Kier molecular flexibility index (Phi) is 8.99. The number of benzene rings is 1. The summed E-state index contributed by atoms with van der Waals surface area (Å²) in [5, 5.41) is 12.7. The molecule has 2 aromatic rings. The smallest absolute Gasteiger partial charge is 0.394 e. The molecule has 4 atom stereocenters. The Morgan fingerprint density at radius 2 is 1.95 bits per heavy atom. The highest BCUT2D eigenvalue weighted by Crippen LogP contribution is 2.38. The van der Waals surface area contributed by atoms with Crippen LogP contribution < -0.4 is 5.32 Å². The molecule has 3 heterocycles. The van der Waals surface area contributed by atoms with Gasteiger partial charge >= 0.3 is 6.18 Å². The van der Waals surface area contributed by atoms with Crippen LogP contribution in [-0.4, -0.2) is 67.1 Å². The topological polar surface area (TPSA) is 109 Å². The molecule has 2 N–H and O–H groups in total. The molecule has 214 valence electrons. The number of aliphatic hydroxyl groups is 1. The number of sulfone groups is 1. The molecule has 1 unspecified atom stereocenters. The summed E-state index contributed by atoms with van der Waals surface area (Å²) in [4.78, 5) is 20.0. The number of fused-ring (bicyclic) bond motifs is 1. The van der Waals surface area contributed by atoms with Gasteiger partial charge in [0.1, 0.15) is 0 Å². The van der Waals surface area contributed by atoms with E-state index in [0.29, 0.717) is 30.6 Å². The van der Waals surface area contributed by atoms with Crippen LogP contribution in [0.5, 0.6) is 0 Å². The van der Waals surface area contributed by atoms with Crippen molar-refractivity contribution in [2.45, 2.75) is 68.9 Å². The van der Waals surface area contributed by atoms with Crippen LogP contribution in [0.2, 0.25) is 0 Å². The van der Waals surface area contributed by atoms with Gasteiger partial charge in [0.15, 0.2) is 15.9 Å². The third kappa shape index (κ3) is 6.62. The molecule has 0 spiro atoms. The number of aliphatic hydroxyl groups excluding tert-OH is 1. The van der Waals surface area contributed by atoms with Gasteiger partial charge in [0.25, 0.3) is 5.91 Å². The number of aromatic nitrogens is 1. The predicted octanol–water partition coefficient (Wildman–Crippen LogP) is 3.96. The number of rotatable bonds is 9. The number of halogens is 3. The number of hydrogen-bond donors (Lipinski definition) is 2. The van der Waals surface area contributed by atoms with Crippen molar-refractivity contribution in [1.29, 1.82) is 0 Å². The lowest BCUT2D eigenvalue weighted by Crippen LogP contribution is -2.40. The number of alkyl halides is 3. The summed E-state index contributed by atoms with van der Waals surface area (Å²) in [6.45, 7) is 4.37. The Labute approximate surface area is 226 Å². The maximum atomic E-state index is 13.0. The fraction of sp³-hybridized carbons (Fsp3) is 0.556. The third-order valence-corrected chi connectivity index (χ3v) is 9.27. The zero-order valence-electron chi connectivity index (χ0n) is 21.9. The van der Waals surface area contributed by atoms with E-state index in [-0.39, 0.29) is 42.2 Å². The van der Waals surface area contributed by atoms with E-state index >= 15 is 0 Å². The van der Waals surface area contributed by atoms with E-state index in [2.05, 4.69) is 15.2 Å². The lowest BCUT2D eigenvalue weighted by Gasteiger charge is -2.34. The summed E-state index contributed by atoms with van der Waals surface area (Å²) in [5.41, 5.74) is 2.62. The first-order valence-corrected chi connectivity index (χ1v) is 14.8. The molecule has 0 radical (unpaired) electrons. The molecule has 1 aromatic heterocycles. The second-order valence-corrected chi connectivity index (χ2v) is 12.4. The van der Waals surface area contributed by atoms with Crippen molar-refractivity contribution in [3.63, 3.8) is 0 Å². The van der Waals surface area contributed by atoms with Crippen LogP contribution in [0.15, 0.2) is 41.4 Å². The largest absolute Gasteiger partial charge is 0.414 e. The van der Waals surface area contributed by atoms with E-state index in [9.17, 15) is 31.5 Å². The van der Waals surface area contributed by atoms with Crippen molar-refractivity contribution < 1.29 is 36.2 Å². The van der Waals surface area contributed by atoms with Crippen molar-refractivity contribution in [2.75, 3.05) is 25.5 Å². The van der Waals surface area contributed by atoms with Gasteiger partial charge in [0.2, 0.25) is 0 Å². The minimum Gasteiger partial charge on any atom is -0.394 e. The summed E-state index contributed by atoms with van der Waals surface area (Å²) < 4.78 is 68.0. The van der Waals surface area contributed by atoms with Gasteiger partial charge in [-0.1, -0.05) is 26.0 Å². The molecule has 0 bridgehead atoms. The number of carbonyl (C=O) groups excluding carboxylic acids is 1. The Balaban J connectivity index is 1.41. The van der Waals surface area contributed by atoms with E-state index in [1.807, 2.05) is 6.92 Å². The van der Waals surface area contributed by atoms with Crippen LogP contribution >= 0.6 is 0 Å². The van der Waals surface area contributed by atoms with Crippen LogP contribution in [0.3, 0.4) is 0 Å². The van der Waals surface area contributed by atoms with Gasteiger partial charge in [-0.25, -0.2) is 8.42 Å². The lowest BCUT2D eigenvalue weighted by molar-refractivity contribution is -0.236. The van der Waals surface area contributed by atoms with E-state index in [0.717, 1.165) is 17.7 Å². The van der Waals surface area contributed by atoms with Gasteiger partial charge in [-0.05, 0) is 54.5 Å². The molecular formula is C27H34F3N3O5S. The van der Waals surface area contributed by atoms with Gasteiger partial charge < -0.3 is 15.2 Å². The maximum absolute atomic E-state index is 13.0. The summed E-state index contributed by atoms with van der Waals surface area (Å²) in [5.74, 6) is -0.472. The monoisotopic (exact) mass is 569 g/mol. The van der Waals surface area contributed by atoms with Gasteiger partial charge in [-0.2, -0.15) is 13.2 Å². The first kappa shape index (κ1) is 29.4. The molecule has 4 rings (SSSR count). The zero-order chi connectivity index (χ0) is 28.4. The Hall–Kier alpha value is -2.54. The van der Waals surface area contributed by atoms with E-state index in [4.69, 9.17) is 4.74 Å². The quantitative estimate of drug-likeness (QED) is 0.471. The van der Waals surface area contributed by atoms with Crippen LogP contribution in [0.25, 0.3) is 0 Å². The average molecular weight is 570 g/mol. The molecule has 2 aliphatic heterocycles. The van der Waals surface area contributed by atoms with Gasteiger partial charge in [-0.3, -0.25) is 14.7 Å². The normalized spacial score (nSPS) is 22.9. The molecule has 1 amide bonds. The summed E-state index contributed by atoms with van der Waals surface area (Å²) in [6.07, 6.45) is -3.39. The molecule has 8 nitrogen and oxygen atoms in total. The molecule has 2 aliphatic rings. The first-order valence-electron chi connectivity index (χ1n) is 13.1. The Morgan fingerprint density at radius 1 is 1.23 bits per heavy atom. The van der Waals surface area contributed by atoms with E-state index in [1.54, 1.807) is 25.1 Å². The third-order valence-electron chi connectivity index (χ3n) is 7.52. The SMILES string of the molecule is CC[C@H]1c2ncc(C(=O)N[C@@H](CO)c3ccc(S(=O)(=O)CC)cc3)cc2CN1C[C@@H]1CCC(C(F)(F)F)OC1. The number of pyridine rings is 1. The number of ether oxygens (including phenoxy) is 1. The second-order valence-electron chi connectivity index (χ2n) is 10.1. The predicted molar refractivity (Wildman–Crippen MR) is 138 cm³/mol. The van der Waals surface area contributed by atoms with Crippen LogP contribution in [0, 0.1) is 5.92 Å². The molecule has 1 aromatic carbocycles. The molecule has 1 saturated heterocycles. The molecule has 0 aliphatic carbocycles. The molecule has 12 heteroatoms. The first-order chi connectivity index (χ1) is 18.5. The molecule has 39 heavy (non-hydrogen) atoms. The number of amides is 1. The number of nitrogens with zero attached hydrogens (tertiary/aromatic N) is 2. The Morgan fingerprint density at radius 3 is 2.51 bits per heavy atom. The number of hydrogen-bond acceptors (Lipinski definition) is 7. The maximum Gasteiger partial charge on any atom is 0.414 e. The molecule has 1 fully saturated rings. The zero-order valence-corrected chi connectivity index (χ0v) is 22.8. The van der Waals surface area contributed by atoms with Crippen molar-refractivity contribution in [1.82, 2.24) is 15.2 Å². The minimum atomic E-state index is -4.34. The van der Waals surface area contributed by atoms with Crippen molar-refractivity contribution in [3.8, 4) is 0 Å². The summed E-state index contributed by atoms with van der Waals surface area (Å²) in [7, 11) is -3.36.